The number of carbonyl (C=O) groups excluding carboxylic acids is 1. The summed E-state index contributed by atoms with van der Waals surface area (Å²) in [6.07, 6.45) is -9.66. The molecule has 1 aromatic rings. The smallest absolute Gasteiger partial charge is 0.430 e. The Morgan fingerprint density at radius 1 is 1.19 bits per heavy atom. The third-order valence-electron chi connectivity index (χ3n) is 3.73. The summed E-state index contributed by atoms with van der Waals surface area (Å²) in [4.78, 5) is 18.3. The van der Waals surface area contributed by atoms with Gasteiger partial charge in [-0.05, 0) is 24.3 Å². The predicted octanol–water partition coefficient (Wildman–Crippen LogP) is 3.89. The molecule has 0 spiro atoms. The molecule has 3 N–H and O–H groups in total. The van der Waals surface area contributed by atoms with Crippen LogP contribution in [0.4, 0.5) is 32.6 Å². The van der Waals surface area contributed by atoms with Crippen LogP contribution in [0.2, 0.25) is 0 Å². The summed E-state index contributed by atoms with van der Waals surface area (Å²) in [7, 11) is -10.2. The molecule has 1 aliphatic heterocycles. The molecule has 0 radical (unpaired) electrons. The maximum atomic E-state index is 13.4. The van der Waals surface area contributed by atoms with E-state index in [4.69, 9.17) is 5.21 Å². The molecule has 0 aliphatic carbocycles. The maximum absolute atomic E-state index is 13.4. The van der Waals surface area contributed by atoms with Crippen LogP contribution in [-0.4, -0.2) is 42.8 Å². The molecule has 32 heavy (non-hydrogen) atoms. The van der Waals surface area contributed by atoms with Crippen molar-refractivity contribution in [2.45, 2.75) is 23.3 Å². The molecule has 0 amide bonds. The molecule has 1 unspecified atom stereocenters. The van der Waals surface area contributed by atoms with Gasteiger partial charge in [0.15, 0.2) is 6.10 Å². The summed E-state index contributed by atoms with van der Waals surface area (Å²) < 4.78 is 114. The Bertz CT molecular complexity index is 886. The van der Waals surface area contributed by atoms with Gasteiger partial charge in [0.1, 0.15) is 23.9 Å². The number of esters is 1. The van der Waals surface area contributed by atoms with Crippen molar-refractivity contribution in [1.82, 2.24) is 11.3 Å². The molecule has 0 saturated heterocycles. The van der Waals surface area contributed by atoms with Gasteiger partial charge in [-0.25, -0.2) is 4.79 Å². The minimum absolute atomic E-state index is 0.145. The van der Waals surface area contributed by atoms with Crippen molar-refractivity contribution in [2.75, 3.05) is 13.2 Å². The number of halogens is 8. The van der Waals surface area contributed by atoms with Gasteiger partial charge in [-0.1, -0.05) is 25.1 Å². The lowest BCUT2D eigenvalue weighted by molar-refractivity contribution is -0.193. The number of carbonyl (C=O) groups is 1. The lowest BCUT2D eigenvalue weighted by Crippen LogP contribution is -2.42. The zero-order valence-corrected chi connectivity index (χ0v) is 16.0. The number of ether oxygens (including phenoxy) is 2. The molecule has 0 bridgehead atoms. The lowest BCUT2D eigenvalue weighted by Gasteiger charge is -2.41. The summed E-state index contributed by atoms with van der Waals surface area (Å²) >= 11 is 0. The van der Waals surface area contributed by atoms with Gasteiger partial charge in [-0.2, -0.15) is 13.2 Å². The zero-order chi connectivity index (χ0) is 24.4. The van der Waals surface area contributed by atoms with E-state index in [1.165, 1.54) is 0 Å². The van der Waals surface area contributed by atoms with Crippen LogP contribution in [0.15, 0.2) is 28.7 Å². The van der Waals surface area contributed by atoms with E-state index in [1.54, 1.807) is 0 Å². The second kappa shape index (κ2) is 8.28. The first-order chi connectivity index (χ1) is 14.5. The SMILES string of the molecule is O=C(OC(CON[O-])CONO)C1=Cc2cc(S(F)(F)(F)(F)F)ccc2O[C@@H]1C(F)(F)F. The van der Waals surface area contributed by atoms with Crippen molar-refractivity contribution in [3.63, 3.8) is 0 Å². The molecule has 0 aromatic heterocycles. The summed E-state index contributed by atoms with van der Waals surface area (Å²) in [5, 5.41) is 18.5. The molecule has 9 nitrogen and oxygen atoms in total. The van der Waals surface area contributed by atoms with E-state index in [0.717, 1.165) is 11.3 Å². The van der Waals surface area contributed by atoms with Crippen molar-refractivity contribution in [1.29, 1.82) is 0 Å². The van der Waals surface area contributed by atoms with Crippen LogP contribution >= 0.6 is 10.2 Å². The van der Waals surface area contributed by atoms with Gasteiger partial charge in [-0.15, -0.1) is 0 Å². The first-order valence-corrected chi connectivity index (χ1v) is 9.95. The largest absolute Gasteiger partial charge is 0.765 e. The van der Waals surface area contributed by atoms with Crippen molar-refractivity contribution in [3.8, 4) is 5.75 Å². The van der Waals surface area contributed by atoms with Crippen molar-refractivity contribution in [3.05, 3.63) is 34.5 Å². The fraction of sp³-hybridized carbons (Fsp3) is 0.357. The molecule has 2 atom stereocenters. The Balaban J connectivity index is 2.46. The first-order valence-electron chi connectivity index (χ1n) is 8.00. The molecular formula is C14H13F8N2O7S-. The number of alkyl halides is 3. The monoisotopic (exact) mass is 505 g/mol. The van der Waals surface area contributed by atoms with Crippen molar-refractivity contribution < 1.29 is 61.8 Å². The van der Waals surface area contributed by atoms with Gasteiger partial charge < -0.3 is 19.5 Å². The average molecular weight is 505 g/mol. The zero-order valence-electron chi connectivity index (χ0n) is 15.2. The van der Waals surface area contributed by atoms with Gasteiger partial charge in [-0.3, -0.25) is 15.7 Å². The Labute approximate surface area is 173 Å². The molecule has 1 heterocycles. The van der Waals surface area contributed by atoms with Gasteiger partial charge in [0, 0.05) is 5.56 Å². The number of hydrogen-bond donors (Lipinski definition) is 3. The summed E-state index contributed by atoms with van der Waals surface area (Å²) in [5.41, 5.74) is -0.196. The topological polar surface area (TPSA) is 121 Å². The van der Waals surface area contributed by atoms with Crippen LogP contribution < -0.4 is 16.0 Å². The summed E-state index contributed by atoms with van der Waals surface area (Å²) in [5.74, 6) is -2.66. The number of rotatable bonds is 9. The quantitative estimate of drug-likeness (QED) is 0.261. The molecule has 2 rings (SSSR count). The summed E-state index contributed by atoms with van der Waals surface area (Å²) in [6.45, 7) is -1.56. The van der Waals surface area contributed by atoms with Crippen LogP contribution in [0, 0.1) is 5.21 Å². The molecule has 1 aliphatic rings. The van der Waals surface area contributed by atoms with E-state index in [1.807, 2.05) is 0 Å². The molecule has 1 aromatic carbocycles. The molecule has 184 valence electrons. The average Bonchev–Trinajstić information content (AvgIpc) is 2.65. The van der Waals surface area contributed by atoms with Gasteiger partial charge >= 0.3 is 22.4 Å². The van der Waals surface area contributed by atoms with E-state index in [2.05, 4.69) is 19.1 Å². The van der Waals surface area contributed by atoms with Gasteiger partial charge in [0.2, 0.25) is 6.10 Å². The highest BCUT2D eigenvalue weighted by molar-refractivity contribution is 8.45. The number of fused-ring (bicyclic) bond motifs is 1. The minimum atomic E-state index is -10.2. The number of hydrogen-bond acceptors (Lipinski definition) is 9. The highest BCUT2D eigenvalue weighted by atomic mass is 32.5. The van der Waals surface area contributed by atoms with E-state index >= 15 is 0 Å². The minimum Gasteiger partial charge on any atom is -0.765 e. The van der Waals surface area contributed by atoms with Crippen molar-refractivity contribution >= 4 is 22.3 Å². The second-order valence-electron chi connectivity index (χ2n) is 6.13. The van der Waals surface area contributed by atoms with Crippen molar-refractivity contribution in [2.24, 2.45) is 0 Å². The normalized spacial score (nSPS) is 19.7. The highest BCUT2D eigenvalue weighted by Gasteiger charge is 2.65. The Morgan fingerprint density at radius 2 is 1.81 bits per heavy atom. The second-order valence-corrected chi connectivity index (χ2v) is 8.54. The Kier molecular flexibility index (Phi) is 6.74. The van der Waals surface area contributed by atoms with E-state index in [9.17, 15) is 42.6 Å². The van der Waals surface area contributed by atoms with Crippen LogP contribution in [0.5, 0.6) is 5.75 Å². The molecule has 0 saturated carbocycles. The Morgan fingerprint density at radius 3 is 2.34 bits per heavy atom. The maximum Gasteiger partial charge on any atom is 0.430 e. The van der Waals surface area contributed by atoms with Gasteiger partial charge in [0.05, 0.1) is 5.57 Å². The van der Waals surface area contributed by atoms with E-state index in [-0.39, 0.29) is 24.3 Å². The third-order valence-corrected chi connectivity index (χ3v) is 4.88. The molecular weight excluding hydrogens is 492 g/mol. The van der Waals surface area contributed by atoms with Crippen LogP contribution in [0.3, 0.4) is 0 Å². The van der Waals surface area contributed by atoms with Crippen LogP contribution in [0.25, 0.3) is 6.08 Å². The number of nitrogens with one attached hydrogen (secondary N) is 2. The Hall–Kier alpha value is -2.22. The molecule has 0 fully saturated rings. The molecule has 18 heteroatoms. The standard InChI is InChI=1S/C14H13F8N2O7S/c15-14(16,17)12-10(13(25)30-8(5-28-23-26)6-29-24-27)4-7-3-9(1-2-11(7)31-12)32(18,19,20,21)22/h1-4,8,12,23-24,26H,5-6H2/q-1/t8?,12-/m0/s1. The fourth-order valence-electron chi connectivity index (χ4n) is 2.42. The lowest BCUT2D eigenvalue weighted by atomic mass is 10.0. The fourth-order valence-corrected chi connectivity index (χ4v) is 3.10. The number of benzene rings is 1. The van der Waals surface area contributed by atoms with E-state index in [0.29, 0.717) is 0 Å². The first kappa shape index (κ1) is 26.0. The van der Waals surface area contributed by atoms with Gasteiger partial charge in [0.25, 0.3) is 0 Å². The van der Waals surface area contributed by atoms with Crippen LogP contribution in [-0.2, 0) is 19.2 Å². The third kappa shape index (κ3) is 6.64. The van der Waals surface area contributed by atoms with E-state index < -0.39 is 69.6 Å². The highest BCUT2D eigenvalue weighted by Crippen LogP contribution is 3.02. The van der Waals surface area contributed by atoms with Crippen LogP contribution in [0.1, 0.15) is 5.56 Å². The summed E-state index contributed by atoms with van der Waals surface area (Å²) in [6, 6.07) is -0.0533. The predicted molar refractivity (Wildman–Crippen MR) is 89.5 cm³/mol.